The molecule has 0 radical (unpaired) electrons. The number of amides is 2. The van der Waals surface area contributed by atoms with E-state index in [0.717, 1.165) is 32.2 Å². The Labute approximate surface area is 165 Å². The van der Waals surface area contributed by atoms with Gasteiger partial charge in [-0.2, -0.15) is 0 Å². The van der Waals surface area contributed by atoms with Gasteiger partial charge in [-0.25, -0.2) is 0 Å². The molecule has 2 amide bonds. The molecular weight excluding hydrogens is 352 g/mol. The van der Waals surface area contributed by atoms with Crippen molar-refractivity contribution < 1.29 is 14.7 Å². The molecule has 0 spiro atoms. The normalized spacial score (nSPS) is 24.7. The van der Waals surface area contributed by atoms with Gasteiger partial charge in [-0.15, -0.1) is 0 Å². The Kier molecular flexibility index (Phi) is 5.36. The lowest BCUT2D eigenvalue weighted by Crippen LogP contribution is -2.45. The number of benzene rings is 2. The number of carbonyl (C=O) groups is 2. The summed E-state index contributed by atoms with van der Waals surface area (Å²) in [7, 11) is 0. The SMILES string of the molecule is O=C1CCC(CCC(=O)N2CCC[C@H]2CO)(Cc2ccc3ccccc3c2)N1. The lowest BCUT2D eigenvalue weighted by Gasteiger charge is -2.31. The Bertz CT molecular complexity index is 881. The highest BCUT2D eigenvalue weighted by Gasteiger charge is 2.39. The number of aliphatic hydroxyl groups is 1. The monoisotopic (exact) mass is 380 g/mol. The average Bonchev–Trinajstić information content (AvgIpc) is 3.33. The first-order chi connectivity index (χ1) is 13.6. The molecule has 28 heavy (non-hydrogen) atoms. The van der Waals surface area contributed by atoms with Gasteiger partial charge in [0.1, 0.15) is 0 Å². The summed E-state index contributed by atoms with van der Waals surface area (Å²) in [6.45, 7) is 0.763. The molecule has 2 aliphatic heterocycles. The van der Waals surface area contributed by atoms with Crippen molar-refractivity contribution in [3.05, 3.63) is 48.0 Å². The van der Waals surface area contributed by atoms with Crippen LogP contribution >= 0.6 is 0 Å². The van der Waals surface area contributed by atoms with E-state index in [0.29, 0.717) is 19.3 Å². The molecule has 1 unspecified atom stereocenters. The highest BCUT2D eigenvalue weighted by Crippen LogP contribution is 2.31. The van der Waals surface area contributed by atoms with Crippen molar-refractivity contribution in [2.45, 2.75) is 56.5 Å². The zero-order valence-corrected chi connectivity index (χ0v) is 16.2. The van der Waals surface area contributed by atoms with Gasteiger partial charge in [0.05, 0.1) is 12.6 Å². The van der Waals surface area contributed by atoms with Gasteiger partial charge in [0, 0.05) is 24.9 Å². The summed E-state index contributed by atoms with van der Waals surface area (Å²) in [6, 6.07) is 14.7. The van der Waals surface area contributed by atoms with Crippen molar-refractivity contribution in [3.63, 3.8) is 0 Å². The van der Waals surface area contributed by atoms with Crippen molar-refractivity contribution in [2.24, 2.45) is 0 Å². The largest absolute Gasteiger partial charge is 0.394 e. The topological polar surface area (TPSA) is 69.6 Å². The summed E-state index contributed by atoms with van der Waals surface area (Å²) in [5, 5.41) is 15.1. The van der Waals surface area contributed by atoms with Gasteiger partial charge in [-0.1, -0.05) is 42.5 Å². The molecule has 2 heterocycles. The van der Waals surface area contributed by atoms with Crippen LogP contribution in [0, 0.1) is 0 Å². The number of fused-ring (bicyclic) bond motifs is 1. The van der Waals surface area contributed by atoms with Crippen LogP contribution in [0.1, 0.15) is 44.1 Å². The van der Waals surface area contributed by atoms with E-state index in [9.17, 15) is 14.7 Å². The lowest BCUT2D eigenvalue weighted by molar-refractivity contribution is -0.133. The first kappa shape index (κ1) is 18.9. The number of hydrogen-bond donors (Lipinski definition) is 2. The Morgan fingerprint density at radius 3 is 2.79 bits per heavy atom. The molecule has 5 nitrogen and oxygen atoms in total. The van der Waals surface area contributed by atoms with Crippen molar-refractivity contribution in [2.75, 3.05) is 13.2 Å². The minimum absolute atomic E-state index is 0.0324. The smallest absolute Gasteiger partial charge is 0.222 e. The fourth-order valence-corrected chi connectivity index (χ4v) is 4.77. The predicted molar refractivity (Wildman–Crippen MR) is 109 cm³/mol. The van der Waals surface area contributed by atoms with Crippen molar-refractivity contribution in [1.82, 2.24) is 10.2 Å². The third-order valence-corrected chi connectivity index (χ3v) is 6.32. The Balaban J connectivity index is 1.48. The van der Waals surface area contributed by atoms with E-state index in [1.807, 2.05) is 17.0 Å². The third kappa shape index (κ3) is 3.90. The standard InChI is InChI=1S/C23H28N2O3/c26-16-20-6-3-13-25(20)22(28)10-12-23(11-9-21(27)24-23)15-17-7-8-18-4-1-2-5-19(18)14-17/h1-2,4-5,7-8,14,20,26H,3,6,9-13,15-16H2,(H,24,27)/t20-,23?/m0/s1. The summed E-state index contributed by atoms with van der Waals surface area (Å²) in [4.78, 5) is 26.6. The van der Waals surface area contributed by atoms with Gasteiger partial charge >= 0.3 is 0 Å². The first-order valence-electron chi connectivity index (χ1n) is 10.3. The van der Waals surface area contributed by atoms with Gasteiger partial charge in [0.2, 0.25) is 11.8 Å². The number of rotatable bonds is 6. The molecule has 0 aliphatic carbocycles. The molecule has 0 bridgehead atoms. The molecule has 2 aliphatic rings. The molecule has 5 heteroatoms. The summed E-state index contributed by atoms with van der Waals surface area (Å²) < 4.78 is 0. The molecule has 2 aromatic carbocycles. The summed E-state index contributed by atoms with van der Waals surface area (Å²) in [5.41, 5.74) is 0.826. The van der Waals surface area contributed by atoms with Crippen LogP contribution in [0.15, 0.2) is 42.5 Å². The van der Waals surface area contributed by atoms with Crippen LogP contribution in [-0.2, 0) is 16.0 Å². The van der Waals surface area contributed by atoms with Crippen LogP contribution in [-0.4, -0.2) is 46.6 Å². The molecule has 0 saturated carbocycles. The lowest BCUT2D eigenvalue weighted by atomic mass is 9.84. The van der Waals surface area contributed by atoms with E-state index in [-0.39, 0.29) is 30.0 Å². The van der Waals surface area contributed by atoms with E-state index in [4.69, 9.17) is 0 Å². The number of hydrogen-bond acceptors (Lipinski definition) is 3. The summed E-state index contributed by atoms with van der Waals surface area (Å²) in [5.74, 6) is 0.165. The Hall–Kier alpha value is -2.40. The van der Waals surface area contributed by atoms with Crippen molar-refractivity contribution in [3.8, 4) is 0 Å². The van der Waals surface area contributed by atoms with E-state index in [2.05, 4.69) is 35.6 Å². The molecule has 2 fully saturated rings. The minimum Gasteiger partial charge on any atom is -0.394 e. The van der Waals surface area contributed by atoms with E-state index >= 15 is 0 Å². The average molecular weight is 380 g/mol. The fraction of sp³-hybridized carbons (Fsp3) is 0.478. The van der Waals surface area contributed by atoms with Gasteiger partial charge in [0.15, 0.2) is 0 Å². The highest BCUT2D eigenvalue weighted by atomic mass is 16.3. The van der Waals surface area contributed by atoms with Gasteiger partial charge in [-0.3, -0.25) is 9.59 Å². The highest BCUT2D eigenvalue weighted by molar-refractivity contribution is 5.83. The van der Waals surface area contributed by atoms with Crippen LogP contribution in [0.5, 0.6) is 0 Å². The number of nitrogens with zero attached hydrogens (tertiary/aromatic N) is 1. The molecule has 0 aromatic heterocycles. The van der Waals surface area contributed by atoms with E-state index in [1.165, 1.54) is 16.3 Å². The van der Waals surface area contributed by atoms with Crippen molar-refractivity contribution >= 4 is 22.6 Å². The number of aliphatic hydroxyl groups excluding tert-OH is 1. The third-order valence-electron chi connectivity index (χ3n) is 6.32. The fourth-order valence-electron chi connectivity index (χ4n) is 4.77. The number of likely N-dealkylation sites (tertiary alicyclic amines) is 1. The second-order valence-electron chi connectivity index (χ2n) is 8.25. The number of nitrogens with one attached hydrogen (secondary N) is 1. The van der Waals surface area contributed by atoms with Crippen molar-refractivity contribution in [1.29, 1.82) is 0 Å². The van der Waals surface area contributed by atoms with Crippen LogP contribution in [0.2, 0.25) is 0 Å². The van der Waals surface area contributed by atoms with E-state index in [1.54, 1.807) is 0 Å². The maximum Gasteiger partial charge on any atom is 0.222 e. The molecule has 2 atom stereocenters. The van der Waals surface area contributed by atoms with Crippen LogP contribution in [0.3, 0.4) is 0 Å². The zero-order chi connectivity index (χ0) is 19.6. The zero-order valence-electron chi connectivity index (χ0n) is 16.2. The second-order valence-corrected chi connectivity index (χ2v) is 8.25. The van der Waals surface area contributed by atoms with Gasteiger partial charge in [0.25, 0.3) is 0 Å². The maximum absolute atomic E-state index is 12.7. The molecule has 2 aromatic rings. The van der Waals surface area contributed by atoms with Crippen LogP contribution < -0.4 is 5.32 Å². The summed E-state index contributed by atoms with van der Waals surface area (Å²) in [6.07, 6.45) is 4.89. The van der Waals surface area contributed by atoms with E-state index < -0.39 is 0 Å². The summed E-state index contributed by atoms with van der Waals surface area (Å²) >= 11 is 0. The molecule has 148 valence electrons. The number of carbonyl (C=O) groups excluding carboxylic acids is 2. The maximum atomic E-state index is 12.7. The second kappa shape index (κ2) is 7.92. The molecule has 4 rings (SSSR count). The Morgan fingerprint density at radius 1 is 1.21 bits per heavy atom. The molecule has 2 saturated heterocycles. The van der Waals surface area contributed by atoms with Crippen LogP contribution in [0.4, 0.5) is 0 Å². The Morgan fingerprint density at radius 2 is 2.04 bits per heavy atom. The van der Waals surface area contributed by atoms with Crippen LogP contribution in [0.25, 0.3) is 10.8 Å². The van der Waals surface area contributed by atoms with Gasteiger partial charge < -0.3 is 15.3 Å². The van der Waals surface area contributed by atoms with Gasteiger partial charge in [-0.05, 0) is 48.4 Å². The first-order valence-corrected chi connectivity index (χ1v) is 10.3. The molecular formula is C23H28N2O3. The minimum atomic E-state index is -0.358. The predicted octanol–water partition coefficient (Wildman–Crippen LogP) is 2.79. The quantitative estimate of drug-likeness (QED) is 0.810. The molecule has 2 N–H and O–H groups in total.